The van der Waals surface area contributed by atoms with E-state index in [1.165, 1.54) is 24.6 Å². The second-order valence-electron chi connectivity index (χ2n) is 5.01. The van der Waals surface area contributed by atoms with Crippen molar-refractivity contribution in [2.45, 2.75) is 12.8 Å². The van der Waals surface area contributed by atoms with Crippen molar-refractivity contribution in [3.63, 3.8) is 0 Å². The predicted molar refractivity (Wildman–Crippen MR) is 85.6 cm³/mol. The van der Waals surface area contributed by atoms with Crippen LogP contribution in [-0.4, -0.2) is 28.8 Å². The number of hydrogen-bond donors (Lipinski definition) is 0. The maximum Gasteiger partial charge on any atom is 0.266 e. The van der Waals surface area contributed by atoms with Crippen molar-refractivity contribution in [3.05, 3.63) is 34.7 Å². The van der Waals surface area contributed by atoms with Gasteiger partial charge in [0, 0.05) is 6.54 Å². The van der Waals surface area contributed by atoms with E-state index in [-0.39, 0.29) is 5.91 Å². The van der Waals surface area contributed by atoms with Crippen LogP contribution in [0.5, 0.6) is 5.75 Å². The van der Waals surface area contributed by atoms with Crippen LogP contribution >= 0.6 is 24.0 Å². The van der Waals surface area contributed by atoms with Gasteiger partial charge in [0.05, 0.1) is 12.0 Å². The first-order valence-electron chi connectivity index (χ1n) is 6.57. The number of nitrogens with zero attached hydrogens (tertiary/aromatic N) is 1. The lowest BCUT2D eigenvalue weighted by molar-refractivity contribution is -0.122. The van der Waals surface area contributed by atoms with E-state index in [4.69, 9.17) is 17.0 Å². The summed E-state index contributed by atoms with van der Waals surface area (Å²) in [5.41, 5.74) is 0.984. The first kappa shape index (κ1) is 13.6. The molecule has 1 aliphatic heterocycles. The minimum Gasteiger partial charge on any atom is -0.497 e. The number of thioether (sulfide) groups is 1. The third-order valence-corrected chi connectivity index (χ3v) is 4.80. The molecule has 0 unspecified atom stereocenters. The standard InChI is InChI=1S/C15H15NO2S2/c1-18-12-6-4-10(5-7-12)8-13-14(17)16(15(19)20-13)9-11-2-3-11/h4-8,11H,2-3,9H2,1H3/b13-8-. The minimum absolute atomic E-state index is 0.0442. The van der Waals surface area contributed by atoms with Crippen molar-refractivity contribution in [3.8, 4) is 5.75 Å². The molecule has 2 aliphatic rings. The van der Waals surface area contributed by atoms with Gasteiger partial charge in [0.15, 0.2) is 0 Å². The van der Waals surface area contributed by atoms with E-state index in [1.54, 1.807) is 12.0 Å². The van der Waals surface area contributed by atoms with Crippen LogP contribution in [0.15, 0.2) is 29.2 Å². The zero-order valence-electron chi connectivity index (χ0n) is 11.2. The van der Waals surface area contributed by atoms with E-state index in [2.05, 4.69) is 0 Å². The Bertz CT molecular complexity index is 576. The van der Waals surface area contributed by atoms with Gasteiger partial charge in [-0.25, -0.2) is 0 Å². The maximum atomic E-state index is 12.3. The second-order valence-corrected chi connectivity index (χ2v) is 6.68. The van der Waals surface area contributed by atoms with E-state index < -0.39 is 0 Å². The van der Waals surface area contributed by atoms with Crippen molar-refractivity contribution in [2.24, 2.45) is 5.92 Å². The molecule has 1 aromatic rings. The Kier molecular flexibility index (Phi) is 3.81. The van der Waals surface area contributed by atoms with Crippen molar-refractivity contribution in [1.82, 2.24) is 4.90 Å². The summed E-state index contributed by atoms with van der Waals surface area (Å²) in [5, 5.41) is 0. The molecule has 0 spiro atoms. The van der Waals surface area contributed by atoms with E-state index in [9.17, 15) is 4.79 Å². The van der Waals surface area contributed by atoms with Crippen LogP contribution in [0.3, 0.4) is 0 Å². The average Bonchev–Trinajstić information content (AvgIpc) is 3.23. The van der Waals surface area contributed by atoms with E-state index >= 15 is 0 Å². The number of amides is 1. The fourth-order valence-corrected chi connectivity index (χ4v) is 3.34. The van der Waals surface area contributed by atoms with Gasteiger partial charge in [0.1, 0.15) is 10.1 Å². The fourth-order valence-electron chi connectivity index (χ4n) is 2.07. The van der Waals surface area contributed by atoms with Crippen molar-refractivity contribution < 1.29 is 9.53 Å². The number of hydrogen-bond acceptors (Lipinski definition) is 4. The topological polar surface area (TPSA) is 29.5 Å². The van der Waals surface area contributed by atoms with Crippen molar-refractivity contribution in [1.29, 1.82) is 0 Å². The maximum absolute atomic E-state index is 12.3. The van der Waals surface area contributed by atoms with Gasteiger partial charge in [-0.05, 0) is 42.5 Å². The summed E-state index contributed by atoms with van der Waals surface area (Å²) in [4.78, 5) is 14.8. The minimum atomic E-state index is 0.0442. The highest BCUT2D eigenvalue weighted by molar-refractivity contribution is 8.26. The van der Waals surface area contributed by atoms with Crippen LogP contribution in [0, 0.1) is 5.92 Å². The quantitative estimate of drug-likeness (QED) is 0.630. The van der Waals surface area contributed by atoms with Crippen molar-refractivity contribution in [2.75, 3.05) is 13.7 Å². The molecule has 3 rings (SSSR count). The molecule has 3 nitrogen and oxygen atoms in total. The summed E-state index contributed by atoms with van der Waals surface area (Å²) < 4.78 is 5.81. The van der Waals surface area contributed by atoms with Crippen LogP contribution in [0.2, 0.25) is 0 Å². The Morgan fingerprint density at radius 1 is 1.40 bits per heavy atom. The molecule has 20 heavy (non-hydrogen) atoms. The third kappa shape index (κ3) is 2.88. The average molecular weight is 305 g/mol. The molecule has 0 atom stereocenters. The fraction of sp³-hybridized carbons (Fsp3) is 0.333. The Hall–Kier alpha value is -1.33. The molecule has 0 aromatic heterocycles. The lowest BCUT2D eigenvalue weighted by Gasteiger charge is -2.12. The van der Waals surface area contributed by atoms with Crippen LogP contribution in [0.25, 0.3) is 6.08 Å². The molecule has 104 valence electrons. The predicted octanol–water partition coefficient (Wildman–Crippen LogP) is 3.31. The first-order valence-corrected chi connectivity index (χ1v) is 7.79. The summed E-state index contributed by atoms with van der Waals surface area (Å²) in [5.74, 6) is 1.50. The Balaban J connectivity index is 1.77. The Morgan fingerprint density at radius 3 is 2.70 bits per heavy atom. The summed E-state index contributed by atoms with van der Waals surface area (Å²) in [6.45, 7) is 0.782. The molecule has 1 saturated heterocycles. The molecule has 2 fully saturated rings. The van der Waals surface area contributed by atoms with E-state index in [1.807, 2.05) is 30.3 Å². The summed E-state index contributed by atoms with van der Waals surface area (Å²) in [7, 11) is 1.64. The molecule has 1 heterocycles. The van der Waals surface area contributed by atoms with E-state index in [0.717, 1.165) is 17.9 Å². The molecule has 0 bridgehead atoms. The molecular weight excluding hydrogens is 290 g/mol. The van der Waals surface area contributed by atoms with Crippen molar-refractivity contribution >= 4 is 40.3 Å². The van der Waals surface area contributed by atoms with Gasteiger partial charge in [0.2, 0.25) is 0 Å². The van der Waals surface area contributed by atoms with Crippen LogP contribution in [-0.2, 0) is 4.79 Å². The third-order valence-electron chi connectivity index (χ3n) is 3.42. The van der Waals surface area contributed by atoms with Gasteiger partial charge in [-0.1, -0.05) is 36.1 Å². The van der Waals surface area contributed by atoms with Gasteiger partial charge in [0.25, 0.3) is 5.91 Å². The summed E-state index contributed by atoms with van der Waals surface area (Å²) in [6, 6.07) is 7.64. The SMILES string of the molecule is COc1ccc(/C=C2\SC(=S)N(CC3CC3)C2=O)cc1. The largest absolute Gasteiger partial charge is 0.497 e. The zero-order chi connectivity index (χ0) is 14.1. The lowest BCUT2D eigenvalue weighted by atomic mass is 10.2. The number of rotatable bonds is 4. The number of thiocarbonyl (C=S) groups is 1. The smallest absolute Gasteiger partial charge is 0.266 e. The molecule has 0 radical (unpaired) electrons. The number of ether oxygens (including phenoxy) is 1. The zero-order valence-corrected chi connectivity index (χ0v) is 12.8. The lowest BCUT2D eigenvalue weighted by Crippen LogP contribution is -2.30. The highest BCUT2D eigenvalue weighted by Crippen LogP contribution is 2.37. The molecule has 1 amide bonds. The molecule has 5 heteroatoms. The Labute approximate surface area is 128 Å². The normalized spacial score (nSPS) is 20.9. The molecular formula is C15H15NO2S2. The highest BCUT2D eigenvalue weighted by Gasteiger charge is 2.36. The summed E-state index contributed by atoms with van der Waals surface area (Å²) >= 11 is 6.70. The van der Waals surface area contributed by atoms with E-state index in [0.29, 0.717) is 15.1 Å². The monoisotopic (exact) mass is 305 g/mol. The number of benzene rings is 1. The second kappa shape index (κ2) is 5.58. The number of carbonyl (C=O) groups excluding carboxylic acids is 1. The van der Waals surface area contributed by atoms with Crippen LogP contribution in [0.4, 0.5) is 0 Å². The molecule has 0 N–H and O–H groups in total. The van der Waals surface area contributed by atoms with Gasteiger partial charge < -0.3 is 4.74 Å². The molecule has 1 aromatic carbocycles. The van der Waals surface area contributed by atoms with Crippen LogP contribution < -0.4 is 4.74 Å². The Morgan fingerprint density at radius 2 is 2.10 bits per heavy atom. The van der Waals surface area contributed by atoms with Gasteiger partial charge >= 0.3 is 0 Å². The number of methoxy groups -OCH3 is 1. The van der Waals surface area contributed by atoms with Gasteiger partial charge in [-0.3, -0.25) is 9.69 Å². The van der Waals surface area contributed by atoms with Gasteiger partial charge in [-0.2, -0.15) is 0 Å². The summed E-state index contributed by atoms with van der Waals surface area (Å²) in [6.07, 6.45) is 4.33. The molecule has 1 saturated carbocycles. The highest BCUT2D eigenvalue weighted by atomic mass is 32.2. The van der Waals surface area contributed by atoms with Crippen LogP contribution in [0.1, 0.15) is 18.4 Å². The van der Waals surface area contributed by atoms with Gasteiger partial charge in [-0.15, -0.1) is 0 Å². The first-order chi connectivity index (χ1) is 9.67. The molecule has 1 aliphatic carbocycles. The number of carbonyl (C=O) groups is 1.